The average Bonchev–Trinajstić information content (AvgIpc) is 3.41. The fraction of sp³-hybridized carbons (Fsp3) is 0.172. The maximum absolute atomic E-state index is 10.0. The lowest BCUT2D eigenvalue weighted by Crippen LogP contribution is -2.21. The van der Waals surface area contributed by atoms with Crippen molar-refractivity contribution in [3.8, 4) is 5.69 Å². The lowest BCUT2D eigenvalue weighted by Gasteiger charge is -2.03. The third-order valence-corrected chi connectivity index (χ3v) is 5.71. The Hall–Kier alpha value is -4.19. The standard InChI is InChI=1S/C11H13NOS.C9H9N3S.C8H7NS.CH4N2O/c1-9-2-4-10(5-3-9)6-11(14)7-12-8-13;1-7-2-4-8(5-3-7)12-6-10-11-9(12)13;1-7-2-4-8(5-3-7)9-6-10;2-3-1-4/h2-5,8H,6-7H2,1H3,(H,12,13);2-6H,1H3,(H,11,13);2-5H,1H3;1H,2H2,(H,3,4). The van der Waals surface area contributed by atoms with Crippen molar-refractivity contribution in [2.45, 2.75) is 27.2 Å². The van der Waals surface area contributed by atoms with Crippen LogP contribution < -0.4 is 16.6 Å². The molecule has 0 aliphatic heterocycles. The number of carbonyl (C=O) groups excluding carboxylic acids is 2. The number of aromatic amines is 1. The molecule has 41 heavy (non-hydrogen) atoms. The summed E-state index contributed by atoms with van der Waals surface area (Å²) in [5.74, 6) is 4.41. The Bertz CT molecular complexity index is 1440. The van der Waals surface area contributed by atoms with Gasteiger partial charge in [-0.25, -0.2) is 5.84 Å². The van der Waals surface area contributed by atoms with Crippen molar-refractivity contribution in [2.24, 2.45) is 10.8 Å². The van der Waals surface area contributed by atoms with E-state index in [-0.39, 0.29) is 0 Å². The molecular weight excluding hydrogens is 575 g/mol. The molecule has 214 valence electrons. The highest BCUT2D eigenvalue weighted by atomic mass is 32.1. The number of aromatic nitrogens is 3. The summed E-state index contributed by atoms with van der Waals surface area (Å²) in [5, 5.41) is 11.4. The molecule has 4 aromatic rings. The smallest absolute Gasteiger partial charge is 0.221 e. The van der Waals surface area contributed by atoms with Crippen LogP contribution in [0.2, 0.25) is 0 Å². The highest BCUT2D eigenvalue weighted by molar-refractivity contribution is 7.80. The molecule has 5 N–H and O–H groups in total. The number of hydrogen-bond acceptors (Lipinski definition) is 8. The Balaban J connectivity index is 0.000000292. The van der Waals surface area contributed by atoms with E-state index in [2.05, 4.69) is 81.8 Å². The van der Waals surface area contributed by atoms with Gasteiger partial charge < -0.3 is 5.32 Å². The van der Waals surface area contributed by atoms with Crippen molar-refractivity contribution < 1.29 is 9.59 Å². The number of carbonyl (C=O) groups is 2. The van der Waals surface area contributed by atoms with E-state index >= 15 is 0 Å². The molecule has 0 fully saturated rings. The number of hydrazine groups is 1. The molecule has 12 heteroatoms. The zero-order chi connectivity index (χ0) is 30.5. The van der Waals surface area contributed by atoms with Crippen molar-refractivity contribution in [1.82, 2.24) is 25.5 Å². The van der Waals surface area contributed by atoms with Gasteiger partial charge in [0.05, 0.1) is 10.8 Å². The number of amides is 2. The van der Waals surface area contributed by atoms with Crippen LogP contribution in [0.3, 0.4) is 0 Å². The van der Waals surface area contributed by atoms with Gasteiger partial charge in [-0.05, 0) is 75.0 Å². The summed E-state index contributed by atoms with van der Waals surface area (Å²) in [6.07, 6.45) is 3.49. The maximum atomic E-state index is 10.0. The highest BCUT2D eigenvalue weighted by Gasteiger charge is 1.98. The molecule has 0 spiro atoms. The minimum absolute atomic E-state index is 0.403. The SMILES string of the molecule is Cc1ccc(-n2cn[nH]c2=S)cc1.Cc1ccc(CC(=S)CNC=O)cc1.Cc1ccc(N=C=S)cc1.NNC=O. The van der Waals surface area contributed by atoms with Crippen LogP contribution in [0, 0.1) is 25.5 Å². The van der Waals surface area contributed by atoms with Crippen molar-refractivity contribution in [2.75, 3.05) is 6.54 Å². The molecule has 9 nitrogen and oxygen atoms in total. The number of nitrogens with two attached hydrogens (primary N) is 1. The number of hydrogen-bond donors (Lipinski definition) is 4. The molecular formula is C29H33N7O2S3. The summed E-state index contributed by atoms with van der Waals surface area (Å²) < 4.78 is 2.44. The molecule has 0 aliphatic rings. The van der Waals surface area contributed by atoms with Crippen LogP contribution in [-0.4, -0.2) is 44.2 Å². The van der Waals surface area contributed by atoms with Gasteiger partial charge in [0, 0.05) is 23.5 Å². The van der Waals surface area contributed by atoms with Crippen molar-refractivity contribution in [1.29, 1.82) is 0 Å². The molecule has 0 unspecified atom stereocenters. The van der Waals surface area contributed by atoms with Gasteiger partial charge in [0.2, 0.25) is 12.8 Å². The summed E-state index contributed by atoms with van der Waals surface area (Å²) >= 11 is 14.6. The van der Waals surface area contributed by atoms with Crippen LogP contribution in [0.4, 0.5) is 5.69 Å². The summed E-state index contributed by atoms with van der Waals surface area (Å²) in [4.78, 5) is 23.6. The number of isothiocyanates is 1. The number of thiocarbonyl (C=S) groups is 2. The van der Waals surface area contributed by atoms with Gasteiger partial charge in [-0.15, -0.1) is 0 Å². The largest absolute Gasteiger partial charge is 0.354 e. The van der Waals surface area contributed by atoms with E-state index in [0.717, 1.165) is 22.7 Å². The second-order valence-electron chi connectivity index (χ2n) is 8.39. The fourth-order valence-electron chi connectivity index (χ4n) is 2.96. The first kappa shape index (κ1) is 34.8. The number of H-pyrrole nitrogens is 1. The topological polar surface area (TPSA) is 130 Å². The first-order chi connectivity index (χ1) is 19.7. The van der Waals surface area contributed by atoms with Gasteiger partial charge in [0.1, 0.15) is 6.33 Å². The molecule has 1 aromatic heterocycles. The minimum Gasteiger partial charge on any atom is -0.354 e. The van der Waals surface area contributed by atoms with Gasteiger partial charge in [-0.1, -0.05) is 77.4 Å². The lowest BCUT2D eigenvalue weighted by molar-refractivity contribution is -0.110. The number of aryl methyl sites for hydroxylation is 3. The average molecular weight is 608 g/mol. The van der Waals surface area contributed by atoms with E-state index in [0.29, 0.717) is 24.1 Å². The first-order valence-corrected chi connectivity index (χ1v) is 13.4. The zero-order valence-electron chi connectivity index (χ0n) is 23.0. The van der Waals surface area contributed by atoms with E-state index in [9.17, 15) is 4.79 Å². The second-order valence-corrected chi connectivity index (χ2v) is 9.54. The van der Waals surface area contributed by atoms with E-state index < -0.39 is 0 Å². The van der Waals surface area contributed by atoms with E-state index in [4.69, 9.17) is 29.2 Å². The van der Waals surface area contributed by atoms with Crippen LogP contribution in [0.1, 0.15) is 22.3 Å². The summed E-state index contributed by atoms with van der Waals surface area (Å²) in [7, 11) is 0. The quantitative estimate of drug-likeness (QED) is 0.0539. The van der Waals surface area contributed by atoms with Gasteiger partial charge in [0.25, 0.3) is 0 Å². The monoisotopic (exact) mass is 607 g/mol. The highest BCUT2D eigenvalue weighted by Crippen LogP contribution is 2.11. The second kappa shape index (κ2) is 20.7. The Labute approximate surface area is 255 Å². The van der Waals surface area contributed by atoms with Crippen molar-refractivity contribution in [3.05, 3.63) is 106 Å². The van der Waals surface area contributed by atoms with Crippen LogP contribution in [-0.2, 0) is 16.0 Å². The summed E-state index contributed by atoms with van der Waals surface area (Å²) in [5.41, 5.74) is 8.53. The molecule has 0 bridgehead atoms. The molecule has 4 rings (SSSR count). The van der Waals surface area contributed by atoms with Crippen LogP contribution in [0.25, 0.3) is 5.69 Å². The molecule has 0 radical (unpaired) electrons. The first-order valence-electron chi connectivity index (χ1n) is 12.2. The zero-order valence-corrected chi connectivity index (χ0v) is 25.5. The lowest BCUT2D eigenvalue weighted by atomic mass is 10.1. The number of nitrogens with one attached hydrogen (secondary N) is 3. The number of aliphatic imine (C=N–C) groups is 1. The minimum atomic E-state index is 0.403. The number of benzene rings is 3. The van der Waals surface area contributed by atoms with Crippen LogP contribution >= 0.6 is 36.7 Å². The van der Waals surface area contributed by atoms with Crippen LogP contribution in [0.5, 0.6) is 0 Å². The molecule has 0 saturated heterocycles. The third kappa shape index (κ3) is 15.2. The fourth-order valence-corrected chi connectivity index (χ4v) is 3.52. The Kier molecular flexibility index (Phi) is 17.6. The van der Waals surface area contributed by atoms with Gasteiger partial charge in [-0.2, -0.15) is 10.1 Å². The predicted molar refractivity (Wildman–Crippen MR) is 174 cm³/mol. The molecule has 3 aromatic carbocycles. The summed E-state index contributed by atoms with van der Waals surface area (Å²) in [6.45, 7) is 6.62. The summed E-state index contributed by atoms with van der Waals surface area (Å²) in [6, 6.07) is 24.2. The number of nitrogens with zero attached hydrogens (tertiary/aromatic N) is 3. The molecule has 2 amide bonds. The van der Waals surface area contributed by atoms with E-state index in [1.165, 1.54) is 22.3 Å². The van der Waals surface area contributed by atoms with Crippen molar-refractivity contribution in [3.63, 3.8) is 0 Å². The van der Waals surface area contributed by atoms with E-state index in [1.54, 1.807) is 11.8 Å². The van der Waals surface area contributed by atoms with E-state index in [1.807, 2.05) is 60.0 Å². The Morgan fingerprint density at radius 2 is 1.46 bits per heavy atom. The normalized spacial score (nSPS) is 9.07. The molecule has 1 heterocycles. The van der Waals surface area contributed by atoms with Gasteiger partial charge in [0.15, 0.2) is 4.77 Å². The Morgan fingerprint density at radius 1 is 0.951 bits per heavy atom. The number of rotatable bonds is 8. The van der Waals surface area contributed by atoms with Crippen LogP contribution in [0.15, 0.2) is 84.1 Å². The van der Waals surface area contributed by atoms with Gasteiger partial charge in [-0.3, -0.25) is 24.7 Å². The molecule has 0 saturated carbocycles. The maximum Gasteiger partial charge on any atom is 0.221 e. The predicted octanol–water partition coefficient (Wildman–Crippen LogP) is 5.23. The van der Waals surface area contributed by atoms with Gasteiger partial charge >= 0.3 is 0 Å². The third-order valence-electron chi connectivity index (χ3n) is 5.05. The van der Waals surface area contributed by atoms with Crippen molar-refractivity contribution >= 4 is 65.2 Å². The molecule has 0 aliphatic carbocycles. The molecule has 0 atom stereocenters. The Morgan fingerprint density at radius 3 is 1.90 bits per heavy atom.